The summed E-state index contributed by atoms with van der Waals surface area (Å²) < 4.78 is 0. The molecule has 0 fully saturated rings. The lowest BCUT2D eigenvalue weighted by atomic mass is 9.94. The van der Waals surface area contributed by atoms with Gasteiger partial charge in [0.05, 0.1) is 0 Å². The van der Waals surface area contributed by atoms with Gasteiger partial charge in [0.2, 0.25) is 0 Å². The van der Waals surface area contributed by atoms with Gasteiger partial charge >= 0.3 is 5.97 Å². The summed E-state index contributed by atoms with van der Waals surface area (Å²) >= 11 is 0. The molecule has 3 N–H and O–H groups in total. The molecule has 4 heteroatoms. The number of hydrogen-bond donors (Lipinski definition) is 2. The Labute approximate surface area is 86.1 Å². The number of hydrogen-bond acceptors (Lipinski definition) is 3. The number of rotatable bonds is 5. The van der Waals surface area contributed by atoms with Gasteiger partial charge in [0, 0.05) is 12.1 Å². The highest BCUT2D eigenvalue weighted by atomic mass is 16.4. The molecule has 2 atom stereocenters. The van der Waals surface area contributed by atoms with Crippen LogP contribution in [0.25, 0.3) is 0 Å². The van der Waals surface area contributed by atoms with Crippen molar-refractivity contribution in [2.75, 3.05) is 7.05 Å². The molecule has 0 aromatic carbocycles. The van der Waals surface area contributed by atoms with E-state index in [2.05, 4.69) is 18.7 Å². The zero-order valence-corrected chi connectivity index (χ0v) is 9.74. The van der Waals surface area contributed by atoms with E-state index in [1.54, 1.807) is 6.92 Å². The summed E-state index contributed by atoms with van der Waals surface area (Å²) in [6.45, 7) is 7.70. The number of nitrogens with zero attached hydrogens (tertiary/aromatic N) is 1. The lowest BCUT2D eigenvalue weighted by Crippen LogP contribution is -2.50. The average molecular weight is 202 g/mol. The van der Waals surface area contributed by atoms with E-state index in [1.165, 1.54) is 0 Å². The van der Waals surface area contributed by atoms with Gasteiger partial charge in [0.15, 0.2) is 0 Å². The lowest BCUT2D eigenvalue weighted by molar-refractivity contribution is -0.143. The maximum Gasteiger partial charge on any atom is 0.323 e. The fraction of sp³-hybridized carbons (Fsp3) is 0.900. The summed E-state index contributed by atoms with van der Waals surface area (Å²) in [7, 11) is 1.98. The zero-order chi connectivity index (χ0) is 11.5. The molecule has 0 saturated carbocycles. The lowest BCUT2D eigenvalue weighted by Gasteiger charge is -2.32. The first-order chi connectivity index (χ1) is 6.18. The second-order valence-corrected chi connectivity index (χ2v) is 4.53. The summed E-state index contributed by atoms with van der Waals surface area (Å²) in [4.78, 5) is 12.9. The van der Waals surface area contributed by atoms with Gasteiger partial charge < -0.3 is 15.7 Å². The third kappa shape index (κ3) is 3.64. The molecule has 0 radical (unpaired) electrons. The molecule has 14 heavy (non-hydrogen) atoms. The minimum atomic E-state index is -1.14. The van der Waals surface area contributed by atoms with Crippen molar-refractivity contribution in [2.24, 2.45) is 5.73 Å². The van der Waals surface area contributed by atoms with Crippen LogP contribution < -0.4 is 5.73 Å². The van der Waals surface area contributed by atoms with E-state index in [0.29, 0.717) is 12.5 Å². The van der Waals surface area contributed by atoms with E-state index in [0.717, 1.165) is 0 Å². The Morgan fingerprint density at radius 2 is 1.93 bits per heavy atom. The topological polar surface area (TPSA) is 66.6 Å². The van der Waals surface area contributed by atoms with Gasteiger partial charge in [-0.3, -0.25) is 4.79 Å². The van der Waals surface area contributed by atoms with E-state index < -0.39 is 11.5 Å². The first kappa shape index (κ1) is 13.4. The molecule has 4 nitrogen and oxygen atoms in total. The Morgan fingerprint density at radius 1 is 1.50 bits per heavy atom. The summed E-state index contributed by atoms with van der Waals surface area (Å²) in [5.74, 6) is -0.943. The van der Waals surface area contributed by atoms with Gasteiger partial charge in [-0.05, 0) is 41.2 Å². The molecule has 2 unspecified atom stereocenters. The molecule has 0 rings (SSSR count). The Balaban J connectivity index is 4.31. The number of carboxylic acid groups (broad SMARTS) is 1. The molecule has 0 heterocycles. The van der Waals surface area contributed by atoms with Crippen LogP contribution in [0.3, 0.4) is 0 Å². The van der Waals surface area contributed by atoms with Crippen molar-refractivity contribution in [3.63, 3.8) is 0 Å². The highest BCUT2D eigenvalue weighted by Gasteiger charge is 2.31. The van der Waals surface area contributed by atoms with E-state index in [-0.39, 0.29) is 6.04 Å². The first-order valence-corrected chi connectivity index (χ1v) is 4.92. The summed E-state index contributed by atoms with van der Waals surface area (Å²) in [6.07, 6.45) is 0.455. The van der Waals surface area contributed by atoms with Crippen LogP contribution in [0.5, 0.6) is 0 Å². The van der Waals surface area contributed by atoms with E-state index in [9.17, 15) is 4.79 Å². The molecule has 0 aromatic rings. The fourth-order valence-electron chi connectivity index (χ4n) is 1.35. The maximum absolute atomic E-state index is 10.8. The molecule has 0 bridgehead atoms. The summed E-state index contributed by atoms with van der Waals surface area (Å²) in [5, 5.41) is 8.87. The Morgan fingerprint density at radius 3 is 2.21 bits per heavy atom. The Hall–Kier alpha value is -0.610. The zero-order valence-electron chi connectivity index (χ0n) is 9.74. The summed E-state index contributed by atoms with van der Waals surface area (Å²) in [5.41, 5.74) is 4.54. The monoisotopic (exact) mass is 202 g/mol. The van der Waals surface area contributed by atoms with Crippen LogP contribution in [-0.4, -0.2) is 40.6 Å². The Kier molecular flexibility index (Phi) is 4.55. The number of carbonyl (C=O) groups is 1. The summed E-state index contributed by atoms with van der Waals surface area (Å²) in [6, 6.07) is 0.565. The van der Waals surface area contributed by atoms with Crippen molar-refractivity contribution in [2.45, 2.75) is 51.7 Å². The number of nitrogens with two attached hydrogens (primary N) is 1. The minimum Gasteiger partial charge on any atom is -0.480 e. The molecule has 0 aromatic heterocycles. The molecule has 0 aliphatic rings. The van der Waals surface area contributed by atoms with Crippen LogP contribution in [0.2, 0.25) is 0 Å². The van der Waals surface area contributed by atoms with Crippen LogP contribution in [0.1, 0.15) is 34.1 Å². The standard InChI is InChI=1S/C10H22N2O2/c1-7(2)12(5)8(3)6-10(4,11)9(13)14/h7-8H,6,11H2,1-5H3,(H,13,14). The molecule has 0 spiro atoms. The van der Waals surface area contributed by atoms with Crippen molar-refractivity contribution >= 4 is 5.97 Å². The van der Waals surface area contributed by atoms with Crippen molar-refractivity contribution in [3.05, 3.63) is 0 Å². The smallest absolute Gasteiger partial charge is 0.323 e. The second kappa shape index (κ2) is 4.75. The highest BCUT2D eigenvalue weighted by Crippen LogP contribution is 2.14. The third-order valence-electron chi connectivity index (χ3n) is 2.72. The largest absolute Gasteiger partial charge is 0.480 e. The van der Waals surface area contributed by atoms with Gasteiger partial charge in [-0.15, -0.1) is 0 Å². The van der Waals surface area contributed by atoms with Crippen LogP contribution >= 0.6 is 0 Å². The minimum absolute atomic E-state index is 0.168. The van der Waals surface area contributed by atoms with Gasteiger partial charge in [-0.2, -0.15) is 0 Å². The molecular weight excluding hydrogens is 180 g/mol. The van der Waals surface area contributed by atoms with Crippen LogP contribution in [0, 0.1) is 0 Å². The quantitative estimate of drug-likeness (QED) is 0.695. The van der Waals surface area contributed by atoms with Crippen LogP contribution in [0.4, 0.5) is 0 Å². The predicted molar refractivity (Wildman–Crippen MR) is 57.2 cm³/mol. The molecule has 0 aliphatic carbocycles. The van der Waals surface area contributed by atoms with E-state index >= 15 is 0 Å². The second-order valence-electron chi connectivity index (χ2n) is 4.53. The molecule has 0 aliphatic heterocycles. The average Bonchev–Trinajstić information content (AvgIpc) is 2.01. The van der Waals surface area contributed by atoms with Gasteiger partial charge in [0.25, 0.3) is 0 Å². The first-order valence-electron chi connectivity index (χ1n) is 4.92. The van der Waals surface area contributed by atoms with E-state index in [1.807, 2.05) is 14.0 Å². The molecular formula is C10H22N2O2. The van der Waals surface area contributed by atoms with Gasteiger partial charge in [-0.1, -0.05) is 0 Å². The molecule has 0 saturated heterocycles. The van der Waals surface area contributed by atoms with Gasteiger partial charge in [0.1, 0.15) is 5.54 Å². The van der Waals surface area contributed by atoms with Gasteiger partial charge in [-0.25, -0.2) is 0 Å². The normalized spacial score (nSPS) is 18.3. The van der Waals surface area contributed by atoms with Crippen molar-refractivity contribution in [1.29, 1.82) is 0 Å². The SMILES string of the molecule is CC(C)N(C)C(C)CC(C)(N)C(=O)O. The number of carboxylic acids is 1. The fourth-order valence-corrected chi connectivity index (χ4v) is 1.35. The van der Waals surface area contributed by atoms with Crippen LogP contribution in [0.15, 0.2) is 0 Å². The molecule has 84 valence electrons. The third-order valence-corrected chi connectivity index (χ3v) is 2.72. The number of aliphatic carboxylic acids is 1. The highest BCUT2D eigenvalue weighted by molar-refractivity contribution is 5.77. The molecule has 0 amide bonds. The van der Waals surface area contributed by atoms with Crippen molar-refractivity contribution < 1.29 is 9.90 Å². The van der Waals surface area contributed by atoms with Crippen molar-refractivity contribution in [3.8, 4) is 0 Å². The maximum atomic E-state index is 10.8. The van der Waals surface area contributed by atoms with Crippen LogP contribution in [-0.2, 0) is 4.79 Å². The predicted octanol–water partition coefficient (Wildman–Crippen LogP) is 0.907. The van der Waals surface area contributed by atoms with Crippen molar-refractivity contribution in [1.82, 2.24) is 4.90 Å². The van der Waals surface area contributed by atoms with E-state index in [4.69, 9.17) is 10.8 Å². The Bertz CT molecular complexity index is 202.